The van der Waals surface area contributed by atoms with Gasteiger partial charge >= 0.3 is 0 Å². The number of nitrogens with zero attached hydrogens (tertiary/aromatic N) is 3. The van der Waals surface area contributed by atoms with Crippen LogP contribution in [0.15, 0.2) is 30.5 Å². The predicted molar refractivity (Wildman–Crippen MR) is 65.6 cm³/mol. The molecule has 1 N–H and O–H groups in total. The highest BCUT2D eigenvalue weighted by molar-refractivity contribution is 5.40. The minimum atomic E-state index is 0.674. The molecule has 0 spiro atoms. The number of aromatic nitrogens is 3. The number of nitrogens with one attached hydrogen (secondary N) is 1. The number of benzene rings is 1. The molecule has 1 atom stereocenters. The molecule has 3 rings (SSSR count). The molecule has 0 fully saturated rings. The van der Waals surface area contributed by atoms with E-state index in [0.717, 1.165) is 18.8 Å². The molecule has 2 aromatic rings. The molecule has 0 amide bonds. The van der Waals surface area contributed by atoms with Gasteiger partial charge in [-0.1, -0.05) is 29.5 Å². The molecule has 1 aromatic carbocycles. The van der Waals surface area contributed by atoms with Gasteiger partial charge in [-0.25, -0.2) is 0 Å². The summed E-state index contributed by atoms with van der Waals surface area (Å²) in [5.74, 6) is 0.674. The van der Waals surface area contributed by atoms with Crippen LogP contribution in [0.3, 0.4) is 0 Å². The number of aryl methyl sites for hydroxylation is 1. The number of rotatable bonds is 4. The molecule has 4 nitrogen and oxygen atoms in total. The average molecular weight is 228 g/mol. The second kappa shape index (κ2) is 4.30. The van der Waals surface area contributed by atoms with Gasteiger partial charge in [0, 0.05) is 26.1 Å². The molecule has 1 heterocycles. The molecule has 1 unspecified atom stereocenters. The van der Waals surface area contributed by atoms with E-state index in [-0.39, 0.29) is 0 Å². The Balaban J connectivity index is 1.53. The largest absolute Gasteiger partial charge is 0.311 e. The summed E-state index contributed by atoms with van der Waals surface area (Å²) in [6.45, 7) is 1.87. The van der Waals surface area contributed by atoms with Crippen LogP contribution in [-0.2, 0) is 20.0 Å². The van der Waals surface area contributed by atoms with E-state index in [2.05, 4.69) is 39.9 Å². The first-order valence-corrected chi connectivity index (χ1v) is 5.96. The highest BCUT2D eigenvalue weighted by atomic mass is 15.4. The van der Waals surface area contributed by atoms with Gasteiger partial charge in [-0.2, -0.15) is 0 Å². The van der Waals surface area contributed by atoms with Crippen LogP contribution in [0, 0.1) is 0 Å². The van der Waals surface area contributed by atoms with Crippen LogP contribution in [0.2, 0.25) is 0 Å². The molecule has 88 valence electrons. The van der Waals surface area contributed by atoms with Crippen molar-refractivity contribution in [3.63, 3.8) is 0 Å². The van der Waals surface area contributed by atoms with E-state index >= 15 is 0 Å². The third kappa shape index (κ3) is 1.96. The molecule has 0 saturated heterocycles. The summed E-state index contributed by atoms with van der Waals surface area (Å²) in [4.78, 5) is 0. The van der Waals surface area contributed by atoms with E-state index in [1.54, 1.807) is 0 Å². The maximum Gasteiger partial charge on any atom is 0.0738 e. The van der Waals surface area contributed by atoms with Crippen molar-refractivity contribution in [1.82, 2.24) is 20.3 Å². The summed E-state index contributed by atoms with van der Waals surface area (Å²) >= 11 is 0. The zero-order chi connectivity index (χ0) is 11.7. The molecule has 17 heavy (non-hydrogen) atoms. The minimum absolute atomic E-state index is 0.674. The van der Waals surface area contributed by atoms with Crippen LogP contribution in [0.5, 0.6) is 0 Å². The topological polar surface area (TPSA) is 42.7 Å². The molecule has 1 aromatic heterocycles. The van der Waals surface area contributed by atoms with Crippen molar-refractivity contribution in [3.05, 3.63) is 47.3 Å². The summed E-state index contributed by atoms with van der Waals surface area (Å²) in [6.07, 6.45) is 3.01. The van der Waals surface area contributed by atoms with Gasteiger partial charge in [0.1, 0.15) is 0 Å². The summed E-state index contributed by atoms with van der Waals surface area (Å²) in [7, 11) is 1.92. The third-order valence-corrected chi connectivity index (χ3v) is 3.47. The Morgan fingerprint density at radius 3 is 3.06 bits per heavy atom. The predicted octanol–water partition coefficient (Wildman–Crippen LogP) is 1.24. The van der Waals surface area contributed by atoms with Crippen LogP contribution < -0.4 is 5.32 Å². The second-order valence-corrected chi connectivity index (χ2v) is 4.58. The lowest BCUT2D eigenvalue weighted by atomic mass is 9.77. The summed E-state index contributed by atoms with van der Waals surface area (Å²) in [6, 6.07) is 8.69. The van der Waals surface area contributed by atoms with E-state index in [9.17, 15) is 0 Å². The molecule has 0 saturated carbocycles. The highest BCUT2D eigenvalue weighted by Crippen LogP contribution is 2.33. The average Bonchev–Trinajstić information content (AvgIpc) is 2.71. The first kappa shape index (κ1) is 10.5. The molecular weight excluding hydrogens is 212 g/mol. The van der Waals surface area contributed by atoms with E-state index < -0.39 is 0 Å². The molecule has 0 bridgehead atoms. The minimum Gasteiger partial charge on any atom is -0.311 e. The lowest BCUT2D eigenvalue weighted by Gasteiger charge is -2.30. The van der Waals surface area contributed by atoms with E-state index in [4.69, 9.17) is 0 Å². The third-order valence-electron chi connectivity index (χ3n) is 3.47. The van der Waals surface area contributed by atoms with Gasteiger partial charge < -0.3 is 5.32 Å². The number of hydrogen-bond donors (Lipinski definition) is 1. The highest BCUT2D eigenvalue weighted by Gasteiger charge is 2.24. The smallest absolute Gasteiger partial charge is 0.0738 e. The van der Waals surface area contributed by atoms with Gasteiger partial charge in [0.05, 0.1) is 11.9 Å². The molecule has 4 heteroatoms. The Morgan fingerprint density at radius 1 is 1.41 bits per heavy atom. The van der Waals surface area contributed by atoms with Crippen LogP contribution >= 0.6 is 0 Å². The van der Waals surface area contributed by atoms with Gasteiger partial charge in [-0.3, -0.25) is 4.68 Å². The Morgan fingerprint density at radius 2 is 2.29 bits per heavy atom. The summed E-state index contributed by atoms with van der Waals surface area (Å²) in [5, 5.41) is 11.2. The number of hydrogen-bond acceptors (Lipinski definition) is 3. The molecule has 1 aliphatic carbocycles. The monoisotopic (exact) mass is 228 g/mol. The van der Waals surface area contributed by atoms with E-state index in [0.29, 0.717) is 5.92 Å². The van der Waals surface area contributed by atoms with Gasteiger partial charge in [0.15, 0.2) is 0 Å². The van der Waals surface area contributed by atoms with Crippen LogP contribution in [0.1, 0.15) is 22.7 Å². The fourth-order valence-corrected chi connectivity index (χ4v) is 2.39. The van der Waals surface area contributed by atoms with Crippen molar-refractivity contribution in [2.45, 2.75) is 18.9 Å². The second-order valence-electron chi connectivity index (χ2n) is 4.58. The maximum absolute atomic E-state index is 3.91. The van der Waals surface area contributed by atoms with Crippen molar-refractivity contribution in [2.75, 3.05) is 6.54 Å². The normalized spacial score (nSPS) is 17.6. The quantitative estimate of drug-likeness (QED) is 0.856. The van der Waals surface area contributed by atoms with Crippen molar-refractivity contribution in [2.24, 2.45) is 7.05 Å². The SMILES string of the molecule is Cn1nncc1CNCC1Cc2ccccc21. The Hall–Kier alpha value is -1.68. The first-order chi connectivity index (χ1) is 8.34. The van der Waals surface area contributed by atoms with Crippen molar-refractivity contribution in [1.29, 1.82) is 0 Å². The lowest BCUT2D eigenvalue weighted by Crippen LogP contribution is -2.29. The van der Waals surface area contributed by atoms with Gasteiger partial charge in [0.25, 0.3) is 0 Å². The summed E-state index contributed by atoms with van der Waals surface area (Å²) in [5.41, 5.74) is 4.13. The number of fused-ring (bicyclic) bond motifs is 1. The molecule has 0 radical (unpaired) electrons. The Bertz CT molecular complexity index is 518. The van der Waals surface area contributed by atoms with Gasteiger partial charge in [-0.15, -0.1) is 5.10 Å². The molecule has 0 aliphatic heterocycles. The van der Waals surface area contributed by atoms with Crippen LogP contribution in [0.25, 0.3) is 0 Å². The van der Waals surface area contributed by atoms with E-state index in [1.807, 2.05) is 17.9 Å². The van der Waals surface area contributed by atoms with E-state index in [1.165, 1.54) is 17.5 Å². The Labute approximate surface area is 101 Å². The van der Waals surface area contributed by atoms with Crippen molar-refractivity contribution in [3.8, 4) is 0 Å². The van der Waals surface area contributed by atoms with Gasteiger partial charge in [-0.05, 0) is 17.5 Å². The fourth-order valence-electron chi connectivity index (χ4n) is 2.39. The maximum atomic E-state index is 3.91. The fraction of sp³-hybridized carbons (Fsp3) is 0.385. The lowest BCUT2D eigenvalue weighted by molar-refractivity contribution is 0.523. The first-order valence-electron chi connectivity index (χ1n) is 5.96. The zero-order valence-electron chi connectivity index (χ0n) is 9.93. The molecule has 1 aliphatic rings. The van der Waals surface area contributed by atoms with Gasteiger partial charge in [0.2, 0.25) is 0 Å². The van der Waals surface area contributed by atoms with Crippen LogP contribution in [-0.4, -0.2) is 21.5 Å². The van der Waals surface area contributed by atoms with Crippen molar-refractivity contribution < 1.29 is 0 Å². The van der Waals surface area contributed by atoms with Crippen molar-refractivity contribution >= 4 is 0 Å². The molecular formula is C13H16N4. The van der Waals surface area contributed by atoms with Crippen LogP contribution in [0.4, 0.5) is 0 Å². The summed E-state index contributed by atoms with van der Waals surface area (Å²) < 4.78 is 1.81. The Kier molecular flexibility index (Phi) is 2.65. The standard InChI is InChI=1S/C13H16N4/c1-17-12(9-15-16-17)8-14-7-11-6-10-4-2-3-5-13(10)11/h2-5,9,11,14H,6-8H2,1H3. The zero-order valence-corrected chi connectivity index (χ0v) is 9.93.